The van der Waals surface area contributed by atoms with E-state index in [0.717, 1.165) is 0 Å². The van der Waals surface area contributed by atoms with Gasteiger partial charge in [0.2, 0.25) is 0 Å². The third-order valence-electron chi connectivity index (χ3n) is 3.78. The zero-order valence-corrected chi connectivity index (χ0v) is 15.5. The molecule has 0 saturated heterocycles. The highest BCUT2D eigenvalue weighted by Crippen LogP contribution is 2.07. The van der Waals surface area contributed by atoms with Crippen LogP contribution in [0.1, 0.15) is 59.2 Å². The van der Waals surface area contributed by atoms with Gasteiger partial charge < -0.3 is 10.2 Å². The third-order valence-corrected chi connectivity index (χ3v) is 3.78. The molecule has 0 aliphatic rings. The van der Waals surface area contributed by atoms with Crippen molar-refractivity contribution >= 4 is 23.5 Å². The summed E-state index contributed by atoms with van der Waals surface area (Å²) in [6.07, 6.45) is 1.52. The highest BCUT2D eigenvalue weighted by Gasteiger charge is 2.06. The van der Waals surface area contributed by atoms with Crippen molar-refractivity contribution in [2.45, 2.75) is 38.5 Å². The molecule has 2 aromatic rings. The Bertz CT molecular complexity index is 701. The Kier molecular flexibility index (Phi) is 10.5. The van der Waals surface area contributed by atoms with Crippen LogP contribution in [-0.2, 0) is 9.59 Å². The molecule has 0 atom stereocenters. The monoisotopic (exact) mass is 384 g/mol. The predicted molar refractivity (Wildman–Crippen MR) is 105 cm³/mol. The lowest BCUT2D eigenvalue weighted by Crippen LogP contribution is -2.01. The number of Topliss-reactive ketones (excluding diaryl/α,β-unsaturated/α-hetero) is 2. The lowest BCUT2D eigenvalue weighted by atomic mass is 10.1. The lowest BCUT2D eigenvalue weighted by Gasteiger charge is -1.98. The zero-order chi connectivity index (χ0) is 20.8. The summed E-state index contributed by atoms with van der Waals surface area (Å²) in [5.41, 5.74) is 1.30. The highest BCUT2D eigenvalue weighted by molar-refractivity contribution is 5.96. The van der Waals surface area contributed by atoms with E-state index in [9.17, 15) is 19.2 Å². The van der Waals surface area contributed by atoms with Crippen molar-refractivity contribution in [3.63, 3.8) is 0 Å². The smallest absolute Gasteiger partial charge is 0.303 e. The summed E-state index contributed by atoms with van der Waals surface area (Å²) >= 11 is 0. The fraction of sp³-hybridized carbons (Fsp3) is 0.273. The van der Waals surface area contributed by atoms with Crippen molar-refractivity contribution < 1.29 is 29.4 Å². The van der Waals surface area contributed by atoms with E-state index in [0.29, 0.717) is 36.8 Å². The third kappa shape index (κ3) is 10.0. The van der Waals surface area contributed by atoms with Crippen LogP contribution in [0.25, 0.3) is 0 Å². The molecule has 0 aliphatic heterocycles. The first kappa shape index (κ1) is 22.8. The van der Waals surface area contributed by atoms with E-state index in [2.05, 4.69) is 0 Å². The van der Waals surface area contributed by atoms with Crippen molar-refractivity contribution in [2.75, 3.05) is 0 Å². The van der Waals surface area contributed by atoms with Crippen molar-refractivity contribution in [1.29, 1.82) is 0 Å². The van der Waals surface area contributed by atoms with Crippen LogP contribution in [0.4, 0.5) is 0 Å². The van der Waals surface area contributed by atoms with E-state index < -0.39 is 11.9 Å². The first-order valence-electron chi connectivity index (χ1n) is 9.00. The molecule has 28 heavy (non-hydrogen) atoms. The average Bonchev–Trinajstić information content (AvgIpc) is 2.69. The number of carboxylic acid groups (broad SMARTS) is 2. The van der Waals surface area contributed by atoms with Gasteiger partial charge in [0.1, 0.15) is 0 Å². The highest BCUT2D eigenvalue weighted by atomic mass is 16.4. The van der Waals surface area contributed by atoms with Crippen LogP contribution in [0.15, 0.2) is 60.7 Å². The van der Waals surface area contributed by atoms with Crippen LogP contribution in [0.5, 0.6) is 0 Å². The quantitative estimate of drug-likeness (QED) is 0.593. The number of carbonyl (C=O) groups is 4. The van der Waals surface area contributed by atoms with Gasteiger partial charge in [-0.2, -0.15) is 0 Å². The van der Waals surface area contributed by atoms with Crippen LogP contribution in [0.3, 0.4) is 0 Å². The Morgan fingerprint density at radius 2 is 0.857 bits per heavy atom. The molecule has 0 spiro atoms. The topological polar surface area (TPSA) is 109 Å². The summed E-state index contributed by atoms with van der Waals surface area (Å²) in [7, 11) is 0. The molecule has 0 fully saturated rings. The maximum absolute atomic E-state index is 11.4. The van der Waals surface area contributed by atoms with Crippen molar-refractivity contribution in [1.82, 2.24) is 0 Å². The maximum atomic E-state index is 11.4. The van der Waals surface area contributed by atoms with Gasteiger partial charge in [-0.05, 0) is 12.8 Å². The molecule has 0 bridgehead atoms. The number of carbonyl (C=O) groups excluding carboxylic acids is 2. The summed E-state index contributed by atoms with van der Waals surface area (Å²) in [5.74, 6) is -1.70. The normalized spacial score (nSPS) is 9.71. The molecular formula is C22H24O6. The molecule has 148 valence electrons. The molecule has 6 nitrogen and oxygen atoms in total. The van der Waals surface area contributed by atoms with Crippen LogP contribution >= 0.6 is 0 Å². The fourth-order valence-electron chi connectivity index (χ4n) is 2.34. The molecule has 0 amide bonds. The summed E-state index contributed by atoms with van der Waals surface area (Å²) in [5, 5.41) is 16.8. The summed E-state index contributed by atoms with van der Waals surface area (Å²) in [6.45, 7) is 0. The van der Waals surface area contributed by atoms with Crippen molar-refractivity contribution in [3.8, 4) is 0 Å². The molecule has 0 radical (unpaired) electrons. The Labute approximate surface area is 163 Å². The lowest BCUT2D eigenvalue weighted by molar-refractivity contribution is -0.138. The second-order valence-electron chi connectivity index (χ2n) is 6.07. The number of benzene rings is 2. The van der Waals surface area contributed by atoms with Gasteiger partial charge >= 0.3 is 11.9 Å². The molecule has 0 unspecified atom stereocenters. The van der Waals surface area contributed by atoms with Crippen molar-refractivity contribution in [2.24, 2.45) is 0 Å². The summed E-state index contributed by atoms with van der Waals surface area (Å²) in [4.78, 5) is 43.3. The minimum atomic E-state index is -0.856. The Hall–Kier alpha value is -3.28. The number of aliphatic carboxylic acids is 2. The minimum absolute atomic E-state index is 0.00634. The van der Waals surface area contributed by atoms with Crippen LogP contribution in [0.2, 0.25) is 0 Å². The van der Waals surface area contributed by atoms with Crippen LogP contribution in [-0.4, -0.2) is 33.7 Å². The zero-order valence-electron chi connectivity index (χ0n) is 15.5. The van der Waals surface area contributed by atoms with E-state index in [-0.39, 0.29) is 24.4 Å². The SMILES string of the molecule is O=C(O)CCCC(=O)c1ccccc1.O=C(O)CCCC(=O)c1ccccc1. The van der Waals surface area contributed by atoms with Gasteiger partial charge in [-0.1, -0.05) is 60.7 Å². The first-order valence-corrected chi connectivity index (χ1v) is 9.00. The van der Waals surface area contributed by atoms with Gasteiger partial charge in [-0.25, -0.2) is 0 Å². The Morgan fingerprint density at radius 3 is 1.14 bits per heavy atom. The van der Waals surface area contributed by atoms with Gasteiger partial charge in [-0.15, -0.1) is 0 Å². The molecule has 2 aromatic carbocycles. The second-order valence-corrected chi connectivity index (χ2v) is 6.07. The molecule has 6 heteroatoms. The number of carboxylic acids is 2. The van der Waals surface area contributed by atoms with Gasteiger partial charge in [0.05, 0.1) is 0 Å². The molecule has 0 heterocycles. The molecule has 0 aromatic heterocycles. The Balaban J connectivity index is 0.000000280. The van der Waals surface area contributed by atoms with Gasteiger partial charge in [-0.3, -0.25) is 19.2 Å². The largest absolute Gasteiger partial charge is 0.481 e. The van der Waals surface area contributed by atoms with Crippen molar-refractivity contribution in [3.05, 3.63) is 71.8 Å². The standard InChI is InChI=1S/2C11H12O3/c2*12-10(7-4-8-11(13)14)9-5-2-1-3-6-9/h2*1-3,5-6H,4,7-8H2,(H,13,14). The number of hydrogen-bond acceptors (Lipinski definition) is 4. The van der Waals surface area contributed by atoms with E-state index in [1.165, 1.54) is 0 Å². The maximum Gasteiger partial charge on any atom is 0.303 e. The molecular weight excluding hydrogens is 360 g/mol. The van der Waals surface area contributed by atoms with E-state index in [4.69, 9.17) is 10.2 Å². The number of rotatable bonds is 10. The van der Waals surface area contributed by atoms with Gasteiger partial charge in [0, 0.05) is 36.8 Å². The van der Waals surface area contributed by atoms with Gasteiger partial charge in [0.25, 0.3) is 0 Å². The molecule has 0 saturated carbocycles. The molecule has 2 rings (SSSR count). The van der Waals surface area contributed by atoms with Crippen LogP contribution in [0, 0.1) is 0 Å². The summed E-state index contributed by atoms with van der Waals surface area (Å²) in [6, 6.07) is 17.8. The number of hydrogen-bond donors (Lipinski definition) is 2. The average molecular weight is 384 g/mol. The first-order chi connectivity index (χ1) is 13.4. The summed E-state index contributed by atoms with van der Waals surface area (Å²) < 4.78 is 0. The molecule has 2 N–H and O–H groups in total. The predicted octanol–water partition coefficient (Wildman–Crippen LogP) is 4.25. The van der Waals surface area contributed by atoms with Gasteiger partial charge in [0.15, 0.2) is 11.6 Å². The van der Waals surface area contributed by atoms with Crippen LogP contribution < -0.4 is 0 Å². The second kappa shape index (κ2) is 13.0. The van der Waals surface area contributed by atoms with E-state index in [1.807, 2.05) is 12.1 Å². The minimum Gasteiger partial charge on any atom is -0.481 e. The Morgan fingerprint density at radius 1 is 0.536 bits per heavy atom. The fourth-order valence-corrected chi connectivity index (χ4v) is 2.34. The van der Waals surface area contributed by atoms with E-state index >= 15 is 0 Å². The molecule has 0 aliphatic carbocycles. The number of ketones is 2. The van der Waals surface area contributed by atoms with E-state index in [1.54, 1.807) is 48.5 Å².